The minimum Gasteiger partial charge on any atom is -0.467 e. The smallest absolute Gasteiger partial charge is 0.334 e. The zero-order valence-electron chi connectivity index (χ0n) is 18.8. The number of nitrogens with one attached hydrogen (secondary N) is 3. The number of anilines is 2. The molecule has 1 heterocycles. The summed E-state index contributed by atoms with van der Waals surface area (Å²) in [6.07, 6.45) is 0.951. The average Bonchev–Trinajstić information content (AvgIpc) is 2.86. The first-order chi connectivity index (χ1) is 16.8. The molecule has 1 atom stereocenters. The van der Waals surface area contributed by atoms with Crippen molar-refractivity contribution in [2.24, 2.45) is 0 Å². The molecule has 8 nitrogen and oxygen atoms in total. The Balaban J connectivity index is 1.67. The molecule has 0 saturated carbocycles. The zero-order chi connectivity index (χ0) is 25.0. The van der Waals surface area contributed by atoms with Gasteiger partial charge in [-0.1, -0.05) is 53.5 Å². The Labute approximate surface area is 211 Å². The maximum absolute atomic E-state index is 13.5. The van der Waals surface area contributed by atoms with Gasteiger partial charge in [0.05, 0.1) is 40.7 Å². The molecule has 0 aliphatic carbocycles. The maximum Gasteiger partial charge on any atom is 0.334 e. The van der Waals surface area contributed by atoms with Gasteiger partial charge >= 0.3 is 12.0 Å². The van der Waals surface area contributed by atoms with Crippen molar-refractivity contribution in [2.45, 2.75) is 18.4 Å². The van der Waals surface area contributed by atoms with Crippen molar-refractivity contribution in [1.82, 2.24) is 5.32 Å². The number of hydrogen-bond acceptors (Lipinski definition) is 5. The van der Waals surface area contributed by atoms with Crippen molar-refractivity contribution in [2.75, 3.05) is 31.0 Å². The first-order valence-corrected chi connectivity index (χ1v) is 11.6. The third kappa shape index (κ3) is 5.35. The monoisotopic (exact) mass is 515 g/mol. The number of amides is 3. The van der Waals surface area contributed by atoms with E-state index in [4.69, 9.17) is 32.7 Å². The first kappa shape index (κ1) is 24.8. The molecule has 3 amide bonds. The predicted molar refractivity (Wildman–Crippen MR) is 135 cm³/mol. The van der Waals surface area contributed by atoms with E-state index in [0.29, 0.717) is 19.4 Å². The van der Waals surface area contributed by atoms with Gasteiger partial charge < -0.3 is 25.4 Å². The Morgan fingerprint density at radius 3 is 2.29 bits per heavy atom. The van der Waals surface area contributed by atoms with Crippen LogP contribution in [0.5, 0.6) is 0 Å². The Hall–Kier alpha value is -3.33. The number of methoxy groups -OCH3 is 1. The molecule has 0 radical (unpaired) electrons. The molecule has 0 bridgehead atoms. The van der Waals surface area contributed by atoms with Gasteiger partial charge in [0.25, 0.3) is 5.91 Å². The molecule has 3 aromatic rings. The van der Waals surface area contributed by atoms with E-state index >= 15 is 0 Å². The summed E-state index contributed by atoms with van der Waals surface area (Å²) in [6.45, 7) is 0.482. The van der Waals surface area contributed by atoms with E-state index < -0.39 is 23.4 Å². The fourth-order valence-corrected chi connectivity index (χ4v) is 4.49. The lowest BCUT2D eigenvalue weighted by atomic mass is 9.91. The van der Waals surface area contributed by atoms with Gasteiger partial charge in [0.15, 0.2) is 5.54 Å². The summed E-state index contributed by atoms with van der Waals surface area (Å²) in [6, 6.07) is 14.9. The molecule has 1 unspecified atom stereocenters. The van der Waals surface area contributed by atoms with E-state index in [1.165, 1.54) is 7.11 Å². The van der Waals surface area contributed by atoms with Gasteiger partial charge in [-0.15, -0.1) is 0 Å². The molecular formula is C25H23Cl2N3O5. The van der Waals surface area contributed by atoms with E-state index in [9.17, 15) is 14.4 Å². The lowest BCUT2D eigenvalue weighted by molar-refractivity contribution is -0.154. The van der Waals surface area contributed by atoms with Gasteiger partial charge in [-0.25, -0.2) is 9.59 Å². The molecule has 1 aliphatic heterocycles. The number of carbonyl (C=O) groups excluding carboxylic acids is 3. The molecule has 10 heteroatoms. The summed E-state index contributed by atoms with van der Waals surface area (Å²) in [5, 5.41) is 10.2. The number of para-hydroxylation sites is 1. The van der Waals surface area contributed by atoms with Crippen LogP contribution in [0.3, 0.4) is 0 Å². The van der Waals surface area contributed by atoms with Gasteiger partial charge in [0, 0.05) is 6.61 Å². The summed E-state index contributed by atoms with van der Waals surface area (Å²) < 4.78 is 10.4. The van der Waals surface area contributed by atoms with Crippen LogP contribution in [0.4, 0.5) is 16.2 Å². The molecule has 4 rings (SSSR count). The van der Waals surface area contributed by atoms with Crippen molar-refractivity contribution in [1.29, 1.82) is 0 Å². The number of carbonyl (C=O) groups is 3. The van der Waals surface area contributed by atoms with E-state index in [1.54, 1.807) is 30.3 Å². The number of benzene rings is 3. The van der Waals surface area contributed by atoms with Gasteiger partial charge in [-0.05, 0) is 47.9 Å². The molecular weight excluding hydrogens is 493 g/mol. The molecule has 0 spiro atoms. The minimum atomic E-state index is -1.32. The zero-order valence-corrected chi connectivity index (χ0v) is 20.3. The second-order valence-corrected chi connectivity index (χ2v) is 8.92. The predicted octanol–water partition coefficient (Wildman–Crippen LogP) is 5.24. The standard InChI is InChI=1S/C25H23Cl2N3O5/c1-34-23(32)25(10-5-11-35-14-25)30-22(31)17-12-15-6-2-3-7-16(15)13-20(17)28-24(33)29-21-18(26)8-4-9-19(21)27/h2-4,6-9,12-13H,5,10-11,14H2,1H3,(H,30,31)(H2,28,29,33). The third-order valence-electron chi connectivity index (χ3n) is 5.75. The molecule has 0 aromatic heterocycles. The number of ether oxygens (including phenoxy) is 2. The molecule has 1 fully saturated rings. The number of fused-ring (bicyclic) bond motifs is 1. The van der Waals surface area contributed by atoms with E-state index in [-0.39, 0.29) is 33.6 Å². The second-order valence-electron chi connectivity index (χ2n) is 8.10. The second kappa shape index (κ2) is 10.5. The van der Waals surface area contributed by atoms with Crippen molar-refractivity contribution in [3.8, 4) is 0 Å². The Bertz CT molecular complexity index is 1270. The van der Waals surface area contributed by atoms with Crippen LogP contribution >= 0.6 is 23.2 Å². The lowest BCUT2D eigenvalue weighted by Crippen LogP contribution is -2.60. The molecule has 3 N–H and O–H groups in total. The van der Waals surface area contributed by atoms with Crippen LogP contribution in [0.25, 0.3) is 10.8 Å². The Morgan fingerprint density at radius 2 is 1.66 bits per heavy atom. The highest BCUT2D eigenvalue weighted by Gasteiger charge is 2.43. The average molecular weight is 516 g/mol. The van der Waals surface area contributed by atoms with Gasteiger partial charge in [-0.2, -0.15) is 0 Å². The van der Waals surface area contributed by atoms with Crippen LogP contribution in [0, 0.1) is 0 Å². The molecule has 3 aromatic carbocycles. The highest BCUT2D eigenvalue weighted by molar-refractivity contribution is 6.39. The minimum absolute atomic E-state index is 0.00670. The SMILES string of the molecule is COC(=O)C1(NC(=O)c2cc3ccccc3cc2NC(=O)Nc2c(Cl)cccc2Cl)CCCOC1. The van der Waals surface area contributed by atoms with Crippen LogP contribution in [0.2, 0.25) is 10.0 Å². The number of hydrogen-bond donors (Lipinski definition) is 3. The highest BCUT2D eigenvalue weighted by Crippen LogP contribution is 2.31. The number of esters is 1. The summed E-state index contributed by atoms with van der Waals surface area (Å²) in [4.78, 5) is 38.9. The fourth-order valence-electron chi connectivity index (χ4n) is 4.00. The number of rotatable bonds is 5. The Morgan fingerprint density at radius 1 is 0.971 bits per heavy atom. The van der Waals surface area contributed by atoms with Crippen molar-refractivity contribution in [3.05, 3.63) is 70.2 Å². The number of urea groups is 1. The van der Waals surface area contributed by atoms with Gasteiger partial charge in [0.2, 0.25) is 0 Å². The van der Waals surface area contributed by atoms with Crippen molar-refractivity contribution in [3.63, 3.8) is 0 Å². The van der Waals surface area contributed by atoms with Crippen LogP contribution in [-0.2, 0) is 14.3 Å². The van der Waals surface area contributed by atoms with Crippen LogP contribution in [-0.4, -0.2) is 43.8 Å². The first-order valence-electron chi connectivity index (χ1n) is 10.9. The molecule has 182 valence electrons. The normalized spacial score (nSPS) is 17.5. The van der Waals surface area contributed by atoms with Crippen molar-refractivity contribution >= 4 is 63.3 Å². The summed E-state index contributed by atoms with van der Waals surface area (Å²) in [5.74, 6) is -1.15. The summed E-state index contributed by atoms with van der Waals surface area (Å²) in [5.41, 5.74) is -0.680. The van der Waals surface area contributed by atoms with Gasteiger partial charge in [-0.3, -0.25) is 4.79 Å². The highest BCUT2D eigenvalue weighted by atomic mass is 35.5. The summed E-state index contributed by atoms with van der Waals surface area (Å²) >= 11 is 12.3. The number of halogens is 2. The topological polar surface area (TPSA) is 106 Å². The Kier molecular flexibility index (Phi) is 7.45. The summed E-state index contributed by atoms with van der Waals surface area (Å²) in [7, 11) is 1.26. The van der Waals surface area contributed by atoms with Crippen LogP contribution < -0.4 is 16.0 Å². The van der Waals surface area contributed by atoms with Gasteiger partial charge in [0.1, 0.15) is 0 Å². The van der Waals surface area contributed by atoms with E-state index in [2.05, 4.69) is 16.0 Å². The lowest BCUT2D eigenvalue weighted by Gasteiger charge is -2.35. The van der Waals surface area contributed by atoms with Crippen LogP contribution in [0.1, 0.15) is 23.2 Å². The van der Waals surface area contributed by atoms with Crippen molar-refractivity contribution < 1.29 is 23.9 Å². The quantitative estimate of drug-likeness (QED) is 0.402. The molecule has 1 aliphatic rings. The maximum atomic E-state index is 13.5. The van der Waals surface area contributed by atoms with E-state index in [1.807, 2.05) is 24.3 Å². The molecule has 35 heavy (non-hydrogen) atoms. The van der Waals surface area contributed by atoms with Crippen LogP contribution in [0.15, 0.2) is 54.6 Å². The largest absolute Gasteiger partial charge is 0.467 e. The molecule has 1 saturated heterocycles. The van der Waals surface area contributed by atoms with E-state index in [0.717, 1.165) is 10.8 Å². The third-order valence-corrected chi connectivity index (χ3v) is 6.38. The fraction of sp³-hybridized carbons (Fsp3) is 0.240.